The summed E-state index contributed by atoms with van der Waals surface area (Å²) < 4.78 is 5.77. The molecule has 1 aromatic carbocycles. The van der Waals surface area contributed by atoms with Gasteiger partial charge in [0.15, 0.2) is 5.01 Å². The minimum Gasteiger partial charge on any atom is -0.479 e. The van der Waals surface area contributed by atoms with Crippen molar-refractivity contribution < 1.29 is 4.74 Å². The lowest BCUT2D eigenvalue weighted by atomic mass is 10.1. The number of hydrogen-bond donors (Lipinski definition) is 0. The van der Waals surface area contributed by atoms with Gasteiger partial charge in [0.05, 0.1) is 0 Å². The van der Waals surface area contributed by atoms with E-state index in [2.05, 4.69) is 22.9 Å². The number of alkyl halides is 1. The van der Waals surface area contributed by atoms with Gasteiger partial charge in [-0.1, -0.05) is 57.0 Å². The Bertz CT molecular complexity index is 326. The molecule has 0 bridgehead atoms. The Labute approximate surface area is 130 Å². The summed E-state index contributed by atoms with van der Waals surface area (Å²) >= 11 is 9.41. The van der Waals surface area contributed by atoms with Gasteiger partial charge in [0.25, 0.3) is 0 Å². The second-order valence-electron chi connectivity index (χ2n) is 4.89. The first-order valence-electron chi connectivity index (χ1n) is 7.28. The summed E-state index contributed by atoms with van der Waals surface area (Å²) in [4.78, 5) is 0. The first-order valence-corrected chi connectivity index (χ1v) is 8.58. The van der Waals surface area contributed by atoms with Crippen LogP contribution >= 0.6 is 27.5 Å². The van der Waals surface area contributed by atoms with Crippen molar-refractivity contribution in [3.8, 4) is 5.75 Å². The quantitative estimate of drug-likeness (QED) is 0.343. The van der Waals surface area contributed by atoms with E-state index in [1.807, 2.05) is 24.3 Å². The zero-order valence-electron chi connectivity index (χ0n) is 11.7. The van der Waals surface area contributed by atoms with Gasteiger partial charge in [-0.2, -0.15) is 0 Å². The van der Waals surface area contributed by atoms with Crippen LogP contribution < -0.4 is 4.74 Å². The van der Waals surface area contributed by atoms with Crippen molar-refractivity contribution in [3.63, 3.8) is 0 Å². The van der Waals surface area contributed by atoms with Crippen molar-refractivity contribution in [1.29, 1.82) is 0 Å². The van der Waals surface area contributed by atoms with Gasteiger partial charge in [-0.05, 0) is 53.0 Å². The van der Waals surface area contributed by atoms with E-state index < -0.39 is 0 Å². The van der Waals surface area contributed by atoms with E-state index in [-0.39, 0.29) is 5.01 Å². The number of rotatable bonds is 10. The maximum absolute atomic E-state index is 5.84. The fourth-order valence-electron chi connectivity index (χ4n) is 1.98. The van der Waals surface area contributed by atoms with Crippen LogP contribution in [0.5, 0.6) is 5.75 Å². The topological polar surface area (TPSA) is 9.23 Å². The summed E-state index contributed by atoms with van der Waals surface area (Å²) in [7, 11) is 0. The highest BCUT2D eigenvalue weighted by atomic mass is 79.9. The van der Waals surface area contributed by atoms with Gasteiger partial charge in [-0.15, -0.1) is 0 Å². The Kier molecular flexibility index (Phi) is 9.36. The minimum atomic E-state index is 0.101. The molecule has 0 spiro atoms. The SMILES string of the molecule is CCCCCCCCCC(Br)Oc1ccc(Cl)cc1. The normalized spacial score (nSPS) is 12.4. The van der Waals surface area contributed by atoms with E-state index in [1.54, 1.807) is 0 Å². The summed E-state index contributed by atoms with van der Waals surface area (Å²) in [5, 5.41) is 0.842. The Morgan fingerprint density at radius 2 is 1.58 bits per heavy atom. The fourth-order valence-corrected chi connectivity index (χ4v) is 2.65. The van der Waals surface area contributed by atoms with Gasteiger partial charge >= 0.3 is 0 Å². The molecule has 1 atom stereocenters. The molecule has 0 aromatic heterocycles. The maximum Gasteiger partial charge on any atom is 0.153 e. The van der Waals surface area contributed by atoms with Crippen LogP contribution in [0.1, 0.15) is 58.3 Å². The average molecular weight is 348 g/mol. The molecule has 0 heterocycles. The first kappa shape index (κ1) is 16.8. The molecule has 0 N–H and O–H groups in total. The van der Waals surface area contributed by atoms with Gasteiger partial charge < -0.3 is 4.74 Å². The standard InChI is InChI=1S/C16H24BrClO/c1-2-3-4-5-6-7-8-9-16(17)19-15-12-10-14(18)11-13-15/h10-13,16H,2-9H2,1H3. The van der Waals surface area contributed by atoms with E-state index in [9.17, 15) is 0 Å². The zero-order valence-corrected chi connectivity index (χ0v) is 14.0. The van der Waals surface area contributed by atoms with Crippen LogP contribution in [-0.4, -0.2) is 5.01 Å². The highest BCUT2D eigenvalue weighted by molar-refractivity contribution is 9.09. The molecule has 108 valence electrons. The molecule has 19 heavy (non-hydrogen) atoms. The Morgan fingerprint density at radius 3 is 2.21 bits per heavy atom. The molecule has 0 radical (unpaired) electrons. The van der Waals surface area contributed by atoms with Crippen LogP contribution in [0.4, 0.5) is 0 Å². The smallest absolute Gasteiger partial charge is 0.153 e. The van der Waals surface area contributed by atoms with Crippen LogP contribution in [-0.2, 0) is 0 Å². The Hall–Kier alpha value is -0.210. The molecule has 1 rings (SSSR count). The van der Waals surface area contributed by atoms with Crippen LogP contribution in [0, 0.1) is 0 Å². The predicted octanol–water partition coefficient (Wildman–Crippen LogP) is 6.58. The molecule has 0 saturated carbocycles. The second-order valence-corrected chi connectivity index (χ2v) is 6.35. The summed E-state index contributed by atoms with van der Waals surface area (Å²) in [6, 6.07) is 7.51. The summed E-state index contributed by atoms with van der Waals surface area (Å²) in [6.45, 7) is 2.25. The van der Waals surface area contributed by atoms with Crippen molar-refractivity contribution in [1.82, 2.24) is 0 Å². The third kappa shape index (κ3) is 8.54. The largest absolute Gasteiger partial charge is 0.479 e. The molecule has 3 heteroatoms. The van der Waals surface area contributed by atoms with Gasteiger partial charge in [0.2, 0.25) is 0 Å². The molecule has 0 aliphatic carbocycles. The third-order valence-corrected chi connectivity index (χ3v) is 4.01. The number of hydrogen-bond acceptors (Lipinski definition) is 1. The molecular formula is C16H24BrClO. The monoisotopic (exact) mass is 346 g/mol. The highest BCUT2D eigenvalue weighted by Crippen LogP contribution is 2.21. The molecule has 1 nitrogen and oxygen atoms in total. The minimum absolute atomic E-state index is 0.101. The lowest BCUT2D eigenvalue weighted by Gasteiger charge is -2.13. The number of ether oxygens (including phenoxy) is 1. The molecule has 1 unspecified atom stereocenters. The van der Waals surface area contributed by atoms with Crippen molar-refractivity contribution in [2.75, 3.05) is 0 Å². The van der Waals surface area contributed by atoms with Crippen LogP contribution in [0.2, 0.25) is 5.02 Å². The maximum atomic E-state index is 5.84. The summed E-state index contributed by atoms with van der Waals surface area (Å²) in [5.74, 6) is 0.870. The van der Waals surface area contributed by atoms with Crippen molar-refractivity contribution >= 4 is 27.5 Å². The van der Waals surface area contributed by atoms with Crippen molar-refractivity contribution in [2.45, 2.75) is 63.3 Å². The molecule has 0 fully saturated rings. The highest BCUT2D eigenvalue weighted by Gasteiger charge is 2.05. The average Bonchev–Trinajstić information content (AvgIpc) is 2.40. The zero-order chi connectivity index (χ0) is 13.9. The number of halogens is 2. The lowest BCUT2D eigenvalue weighted by Crippen LogP contribution is -2.07. The van der Waals surface area contributed by atoms with Crippen LogP contribution in [0.15, 0.2) is 24.3 Å². The van der Waals surface area contributed by atoms with Crippen molar-refractivity contribution in [3.05, 3.63) is 29.3 Å². The van der Waals surface area contributed by atoms with Gasteiger partial charge in [0, 0.05) is 5.02 Å². The van der Waals surface area contributed by atoms with Gasteiger partial charge in [-0.3, -0.25) is 0 Å². The van der Waals surface area contributed by atoms with Crippen LogP contribution in [0.3, 0.4) is 0 Å². The predicted molar refractivity (Wildman–Crippen MR) is 87.4 cm³/mol. The Balaban J connectivity index is 2.04. The summed E-state index contributed by atoms with van der Waals surface area (Å²) in [6.07, 6.45) is 10.4. The van der Waals surface area contributed by atoms with E-state index in [4.69, 9.17) is 16.3 Å². The van der Waals surface area contributed by atoms with E-state index in [0.29, 0.717) is 0 Å². The molecule has 0 saturated heterocycles. The number of unbranched alkanes of at least 4 members (excludes halogenated alkanes) is 6. The molecular weight excluding hydrogens is 324 g/mol. The lowest BCUT2D eigenvalue weighted by molar-refractivity contribution is 0.277. The van der Waals surface area contributed by atoms with Crippen LogP contribution in [0.25, 0.3) is 0 Å². The number of benzene rings is 1. The first-order chi connectivity index (χ1) is 9.22. The van der Waals surface area contributed by atoms with E-state index >= 15 is 0 Å². The molecule has 0 aliphatic heterocycles. The summed E-state index contributed by atoms with van der Waals surface area (Å²) in [5.41, 5.74) is 0. The van der Waals surface area contributed by atoms with E-state index in [0.717, 1.165) is 17.2 Å². The van der Waals surface area contributed by atoms with Gasteiger partial charge in [0.1, 0.15) is 5.75 Å². The van der Waals surface area contributed by atoms with Crippen molar-refractivity contribution in [2.24, 2.45) is 0 Å². The molecule has 1 aromatic rings. The van der Waals surface area contributed by atoms with E-state index in [1.165, 1.54) is 44.9 Å². The second kappa shape index (κ2) is 10.6. The van der Waals surface area contributed by atoms with Gasteiger partial charge in [-0.25, -0.2) is 0 Å². The fraction of sp³-hybridized carbons (Fsp3) is 0.625. The third-order valence-electron chi connectivity index (χ3n) is 3.11. The molecule has 0 amide bonds. The Morgan fingerprint density at radius 1 is 1.00 bits per heavy atom. The molecule has 0 aliphatic rings.